The molecular formula is C13H17FN2O2. The van der Waals surface area contributed by atoms with Crippen molar-refractivity contribution in [2.75, 3.05) is 19.6 Å². The van der Waals surface area contributed by atoms with Gasteiger partial charge in [0, 0.05) is 19.1 Å². The number of carboxylic acid groups (broad SMARTS) is 1. The van der Waals surface area contributed by atoms with Crippen LogP contribution in [0.15, 0.2) is 24.3 Å². The van der Waals surface area contributed by atoms with Gasteiger partial charge in [-0.2, -0.15) is 0 Å². The van der Waals surface area contributed by atoms with Crippen molar-refractivity contribution in [3.63, 3.8) is 0 Å². The van der Waals surface area contributed by atoms with Gasteiger partial charge in [0.1, 0.15) is 5.82 Å². The second-order valence-electron chi connectivity index (χ2n) is 4.83. The Labute approximate surface area is 105 Å². The summed E-state index contributed by atoms with van der Waals surface area (Å²) in [5.41, 5.74) is 6.97. The second kappa shape index (κ2) is 5.46. The average Bonchev–Trinajstić information content (AvgIpc) is 2.28. The number of nitrogens with two attached hydrogens (primary N) is 1. The van der Waals surface area contributed by atoms with Crippen LogP contribution in [-0.2, 0) is 4.79 Å². The number of likely N-dealkylation sites (tertiary alicyclic amines) is 1. The minimum atomic E-state index is -0.845. The highest BCUT2D eigenvalue weighted by atomic mass is 19.1. The molecule has 3 N–H and O–H groups in total. The summed E-state index contributed by atoms with van der Waals surface area (Å²) >= 11 is 0. The van der Waals surface area contributed by atoms with Crippen molar-refractivity contribution < 1.29 is 14.3 Å². The summed E-state index contributed by atoms with van der Waals surface area (Å²) in [6, 6.07) is 6.32. The van der Waals surface area contributed by atoms with Crippen molar-refractivity contribution in [2.45, 2.75) is 18.4 Å². The molecule has 1 aliphatic rings. The average molecular weight is 252 g/mol. The number of benzene rings is 1. The first kappa shape index (κ1) is 13.0. The fourth-order valence-electron chi connectivity index (χ4n) is 2.53. The quantitative estimate of drug-likeness (QED) is 0.843. The van der Waals surface area contributed by atoms with Gasteiger partial charge in [0.05, 0.1) is 6.54 Å². The lowest BCUT2D eigenvalue weighted by Gasteiger charge is -2.35. The monoisotopic (exact) mass is 252 g/mol. The topological polar surface area (TPSA) is 66.6 Å². The fourth-order valence-corrected chi connectivity index (χ4v) is 2.53. The van der Waals surface area contributed by atoms with Crippen LogP contribution < -0.4 is 5.73 Å². The minimum Gasteiger partial charge on any atom is -0.480 e. The van der Waals surface area contributed by atoms with Crippen molar-refractivity contribution in [3.05, 3.63) is 35.6 Å². The van der Waals surface area contributed by atoms with Crippen molar-refractivity contribution in [3.8, 4) is 0 Å². The van der Waals surface area contributed by atoms with E-state index in [1.807, 2.05) is 4.90 Å². The van der Waals surface area contributed by atoms with Crippen LogP contribution >= 0.6 is 0 Å². The number of carboxylic acids is 1. The normalized spacial score (nSPS) is 25.0. The Morgan fingerprint density at radius 3 is 2.67 bits per heavy atom. The Morgan fingerprint density at radius 2 is 2.06 bits per heavy atom. The van der Waals surface area contributed by atoms with Crippen LogP contribution in [0.25, 0.3) is 0 Å². The first-order valence-corrected chi connectivity index (χ1v) is 6.00. The number of piperidine rings is 1. The molecule has 0 radical (unpaired) electrons. The molecule has 0 spiro atoms. The van der Waals surface area contributed by atoms with E-state index in [0.717, 1.165) is 12.0 Å². The lowest BCUT2D eigenvalue weighted by atomic mass is 9.88. The van der Waals surface area contributed by atoms with E-state index in [-0.39, 0.29) is 24.3 Å². The Hall–Kier alpha value is -1.46. The van der Waals surface area contributed by atoms with E-state index < -0.39 is 5.97 Å². The molecule has 2 atom stereocenters. The molecule has 1 fully saturated rings. The molecule has 0 saturated carbocycles. The Morgan fingerprint density at radius 1 is 1.39 bits per heavy atom. The molecule has 4 nitrogen and oxygen atoms in total. The first-order chi connectivity index (χ1) is 8.54. The van der Waals surface area contributed by atoms with Gasteiger partial charge in [-0.05, 0) is 30.0 Å². The number of hydrogen-bond acceptors (Lipinski definition) is 3. The number of aliphatic carboxylic acids is 1. The summed E-state index contributed by atoms with van der Waals surface area (Å²) in [7, 11) is 0. The van der Waals surface area contributed by atoms with Crippen molar-refractivity contribution in [1.82, 2.24) is 4.90 Å². The number of hydrogen-bond donors (Lipinski definition) is 2. The lowest BCUT2D eigenvalue weighted by Crippen LogP contribution is -2.47. The molecule has 2 unspecified atom stereocenters. The molecule has 0 amide bonds. The molecule has 18 heavy (non-hydrogen) atoms. The van der Waals surface area contributed by atoms with Gasteiger partial charge in [0.2, 0.25) is 0 Å². The van der Waals surface area contributed by atoms with Crippen LogP contribution in [0, 0.1) is 5.82 Å². The fraction of sp³-hybridized carbons (Fsp3) is 0.462. The molecule has 1 aliphatic heterocycles. The van der Waals surface area contributed by atoms with Gasteiger partial charge in [-0.15, -0.1) is 0 Å². The van der Waals surface area contributed by atoms with E-state index in [4.69, 9.17) is 10.8 Å². The van der Waals surface area contributed by atoms with Crippen LogP contribution in [0.5, 0.6) is 0 Å². The predicted molar refractivity (Wildman–Crippen MR) is 65.8 cm³/mol. The van der Waals surface area contributed by atoms with E-state index in [9.17, 15) is 9.18 Å². The Kier molecular flexibility index (Phi) is 3.93. The van der Waals surface area contributed by atoms with Crippen LogP contribution in [0.2, 0.25) is 0 Å². The molecule has 1 saturated heterocycles. The molecule has 5 heteroatoms. The zero-order valence-corrected chi connectivity index (χ0v) is 10.1. The SMILES string of the molecule is NC1CC(c2ccc(F)cc2)CN(CC(=O)O)C1. The second-order valence-corrected chi connectivity index (χ2v) is 4.83. The largest absolute Gasteiger partial charge is 0.480 e. The Bertz CT molecular complexity index is 422. The summed E-state index contributed by atoms with van der Waals surface area (Å²) in [5, 5.41) is 8.81. The molecular weight excluding hydrogens is 235 g/mol. The van der Waals surface area contributed by atoms with Crippen LogP contribution in [0.3, 0.4) is 0 Å². The van der Waals surface area contributed by atoms with Gasteiger partial charge in [-0.25, -0.2) is 4.39 Å². The molecule has 2 rings (SSSR count). The maximum atomic E-state index is 12.9. The highest BCUT2D eigenvalue weighted by Crippen LogP contribution is 2.26. The van der Waals surface area contributed by atoms with E-state index in [2.05, 4.69) is 0 Å². The smallest absolute Gasteiger partial charge is 0.317 e. The highest BCUT2D eigenvalue weighted by Gasteiger charge is 2.27. The Balaban J connectivity index is 2.08. The maximum absolute atomic E-state index is 12.9. The number of rotatable bonds is 3. The zero-order valence-electron chi connectivity index (χ0n) is 10.1. The van der Waals surface area contributed by atoms with Crippen LogP contribution in [0.4, 0.5) is 4.39 Å². The molecule has 0 aromatic heterocycles. The van der Waals surface area contributed by atoms with E-state index in [0.29, 0.717) is 13.1 Å². The first-order valence-electron chi connectivity index (χ1n) is 6.00. The van der Waals surface area contributed by atoms with Crippen molar-refractivity contribution in [2.24, 2.45) is 5.73 Å². The van der Waals surface area contributed by atoms with Crippen LogP contribution in [0.1, 0.15) is 17.9 Å². The van der Waals surface area contributed by atoms with Crippen molar-refractivity contribution >= 4 is 5.97 Å². The minimum absolute atomic E-state index is 0.00535. The third-order valence-corrected chi connectivity index (χ3v) is 3.26. The summed E-state index contributed by atoms with van der Waals surface area (Å²) in [6.45, 7) is 1.26. The van der Waals surface area contributed by atoms with Gasteiger partial charge in [-0.3, -0.25) is 9.69 Å². The number of halogens is 1. The number of carbonyl (C=O) groups is 1. The lowest BCUT2D eigenvalue weighted by molar-refractivity contribution is -0.138. The van der Waals surface area contributed by atoms with Gasteiger partial charge in [-0.1, -0.05) is 12.1 Å². The molecule has 1 heterocycles. The maximum Gasteiger partial charge on any atom is 0.317 e. The molecule has 1 aromatic rings. The third kappa shape index (κ3) is 3.27. The molecule has 1 aromatic carbocycles. The predicted octanol–water partition coefficient (Wildman–Crippen LogP) is 1.03. The molecule has 98 valence electrons. The van der Waals surface area contributed by atoms with Gasteiger partial charge >= 0.3 is 5.97 Å². The standard InChI is InChI=1S/C13H17FN2O2/c14-11-3-1-9(2-4-11)10-5-12(15)7-16(6-10)8-13(17)18/h1-4,10,12H,5-8,15H2,(H,17,18). The van der Waals surface area contributed by atoms with Gasteiger partial charge in [0.15, 0.2) is 0 Å². The van der Waals surface area contributed by atoms with Crippen molar-refractivity contribution in [1.29, 1.82) is 0 Å². The molecule has 0 bridgehead atoms. The van der Waals surface area contributed by atoms with Gasteiger partial charge in [0.25, 0.3) is 0 Å². The summed E-state index contributed by atoms with van der Waals surface area (Å²) in [4.78, 5) is 12.6. The van der Waals surface area contributed by atoms with E-state index >= 15 is 0 Å². The number of nitrogens with zero attached hydrogens (tertiary/aromatic N) is 1. The highest BCUT2D eigenvalue weighted by molar-refractivity contribution is 5.69. The summed E-state index contributed by atoms with van der Waals surface area (Å²) < 4.78 is 12.9. The van der Waals surface area contributed by atoms with E-state index in [1.54, 1.807) is 12.1 Å². The summed E-state index contributed by atoms with van der Waals surface area (Å²) in [5.74, 6) is -0.933. The molecule has 0 aliphatic carbocycles. The summed E-state index contributed by atoms with van der Waals surface area (Å²) in [6.07, 6.45) is 0.807. The van der Waals surface area contributed by atoms with E-state index in [1.165, 1.54) is 12.1 Å². The zero-order chi connectivity index (χ0) is 13.1. The van der Waals surface area contributed by atoms with Gasteiger partial charge < -0.3 is 10.8 Å². The van der Waals surface area contributed by atoms with Crippen LogP contribution in [-0.4, -0.2) is 41.7 Å². The third-order valence-electron chi connectivity index (χ3n) is 3.26.